The minimum absolute atomic E-state index is 0.0182. The summed E-state index contributed by atoms with van der Waals surface area (Å²) in [6.07, 6.45) is 3.86. The molecule has 2 aromatic rings. The molecule has 0 radical (unpaired) electrons. The van der Waals surface area contributed by atoms with Gasteiger partial charge in [-0.2, -0.15) is 0 Å². The molecule has 8 nitrogen and oxygen atoms in total. The summed E-state index contributed by atoms with van der Waals surface area (Å²) in [5.74, 6) is 1.41. The molecule has 4 rings (SSSR count). The third-order valence-corrected chi connectivity index (χ3v) is 7.78. The van der Waals surface area contributed by atoms with Crippen LogP contribution in [0.2, 0.25) is 0 Å². The number of esters is 1. The predicted octanol–water partition coefficient (Wildman–Crippen LogP) is 4.77. The van der Waals surface area contributed by atoms with E-state index in [0.717, 1.165) is 38.0 Å². The van der Waals surface area contributed by atoms with Crippen LogP contribution in [0.3, 0.4) is 0 Å². The van der Waals surface area contributed by atoms with E-state index in [1.54, 1.807) is 24.3 Å². The maximum absolute atomic E-state index is 13.4. The smallest absolute Gasteiger partial charge is 0.337 e. The number of hydrogen-bond acceptors (Lipinski definition) is 6. The summed E-state index contributed by atoms with van der Waals surface area (Å²) < 4.78 is 10.6. The molecule has 2 aliphatic rings. The number of carbonyl (C=O) groups is 3. The van der Waals surface area contributed by atoms with Gasteiger partial charge in [-0.05, 0) is 73.6 Å². The minimum Gasteiger partial charge on any atom is -0.465 e. The summed E-state index contributed by atoms with van der Waals surface area (Å²) in [7, 11) is 1.36. The van der Waals surface area contributed by atoms with Crippen molar-refractivity contribution in [2.24, 2.45) is 5.92 Å². The Bertz CT molecular complexity index is 1140. The normalized spacial score (nSPS) is 19.3. The number of rotatable bonds is 10. The fourth-order valence-corrected chi connectivity index (χ4v) is 5.56. The van der Waals surface area contributed by atoms with Gasteiger partial charge in [0.1, 0.15) is 23.1 Å². The first-order chi connectivity index (χ1) is 18.8. The van der Waals surface area contributed by atoms with Crippen molar-refractivity contribution in [1.29, 1.82) is 0 Å². The first-order valence-corrected chi connectivity index (χ1v) is 14.1. The van der Waals surface area contributed by atoms with E-state index in [9.17, 15) is 14.4 Å². The lowest BCUT2D eigenvalue weighted by Crippen LogP contribution is -2.73. The highest BCUT2D eigenvalue weighted by molar-refractivity contribution is 6.00. The van der Waals surface area contributed by atoms with Crippen molar-refractivity contribution in [3.05, 3.63) is 59.7 Å². The molecule has 39 heavy (non-hydrogen) atoms. The molecule has 0 aromatic heterocycles. The molecule has 2 fully saturated rings. The molecule has 210 valence electrons. The fraction of sp³-hybridized carbons (Fsp3) is 0.516. The minimum atomic E-state index is -0.739. The Kier molecular flexibility index (Phi) is 9.28. The fourth-order valence-electron chi connectivity index (χ4n) is 5.56. The number of methoxy groups -OCH3 is 1. The lowest BCUT2D eigenvalue weighted by Gasteiger charge is -2.52. The van der Waals surface area contributed by atoms with Gasteiger partial charge in [-0.3, -0.25) is 14.5 Å². The third kappa shape index (κ3) is 6.61. The van der Waals surface area contributed by atoms with Crippen LogP contribution >= 0.6 is 0 Å². The second kappa shape index (κ2) is 12.6. The van der Waals surface area contributed by atoms with E-state index in [2.05, 4.69) is 31.0 Å². The molecule has 8 heteroatoms. The lowest BCUT2D eigenvalue weighted by molar-refractivity contribution is -0.161. The second-order valence-corrected chi connectivity index (χ2v) is 11.1. The molecule has 1 unspecified atom stereocenters. The number of likely N-dealkylation sites (tertiary alicyclic amines) is 1. The number of nitrogens with one attached hydrogen (secondary N) is 1. The van der Waals surface area contributed by atoms with E-state index >= 15 is 0 Å². The van der Waals surface area contributed by atoms with Crippen LogP contribution in [-0.4, -0.2) is 65.9 Å². The molecular weight excluding hydrogens is 494 g/mol. The predicted molar refractivity (Wildman–Crippen MR) is 150 cm³/mol. The highest BCUT2D eigenvalue weighted by atomic mass is 16.5. The zero-order chi connectivity index (χ0) is 28.0. The maximum atomic E-state index is 13.4. The van der Waals surface area contributed by atoms with Gasteiger partial charge in [0.25, 0.3) is 0 Å². The first kappa shape index (κ1) is 28.6. The number of amides is 2. The van der Waals surface area contributed by atoms with Crippen molar-refractivity contribution in [3.8, 4) is 11.5 Å². The van der Waals surface area contributed by atoms with E-state index in [1.165, 1.54) is 7.11 Å². The molecule has 2 heterocycles. The van der Waals surface area contributed by atoms with Gasteiger partial charge < -0.3 is 19.7 Å². The molecule has 0 saturated carbocycles. The molecule has 0 aliphatic carbocycles. The van der Waals surface area contributed by atoms with E-state index in [4.69, 9.17) is 9.47 Å². The third-order valence-electron chi connectivity index (χ3n) is 7.78. The topological polar surface area (TPSA) is 88.2 Å². The van der Waals surface area contributed by atoms with Crippen LogP contribution in [0, 0.1) is 5.92 Å². The first-order valence-electron chi connectivity index (χ1n) is 14.1. The molecule has 2 amide bonds. The van der Waals surface area contributed by atoms with Gasteiger partial charge in [0.2, 0.25) is 11.8 Å². The standard InChI is InChI=1S/C31H41N3O5/c1-5-6-17-34-28(35)27(20-22(2)3)32-30(37)31(34)15-18-33(19-16-31)21-23-7-11-25(12-8-23)39-26-13-9-24(10-14-26)29(36)38-4/h7-14,22,27H,5-6,15-21H2,1-4H3,(H,32,37). The van der Waals surface area contributed by atoms with Crippen molar-refractivity contribution >= 4 is 17.8 Å². The monoisotopic (exact) mass is 535 g/mol. The highest BCUT2D eigenvalue weighted by Gasteiger charge is 2.53. The Morgan fingerprint density at radius 2 is 1.64 bits per heavy atom. The van der Waals surface area contributed by atoms with Gasteiger partial charge in [-0.25, -0.2) is 4.79 Å². The van der Waals surface area contributed by atoms with Gasteiger partial charge in [0, 0.05) is 26.2 Å². The van der Waals surface area contributed by atoms with Crippen LogP contribution in [-0.2, 0) is 20.9 Å². The van der Waals surface area contributed by atoms with Gasteiger partial charge in [-0.15, -0.1) is 0 Å². The molecule has 1 atom stereocenters. The summed E-state index contributed by atoms with van der Waals surface area (Å²) in [5.41, 5.74) is 0.892. The number of ether oxygens (including phenoxy) is 2. The zero-order valence-electron chi connectivity index (χ0n) is 23.6. The van der Waals surface area contributed by atoms with E-state index in [-0.39, 0.29) is 17.8 Å². The summed E-state index contributed by atoms with van der Waals surface area (Å²) in [5, 5.41) is 3.08. The number of nitrogens with zero attached hydrogens (tertiary/aromatic N) is 2. The maximum Gasteiger partial charge on any atom is 0.337 e. The van der Waals surface area contributed by atoms with Crippen LogP contribution in [0.1, 0.15) is 68.8 Å². The van der Waals surface area contributed by atoms with Gasteiger partial charge in [-0.1, -0.05) is 39.3 Å². The van der Waals surface area contributed by atoms with E-state index in [1.807, 2.05) is 29.2 Å². The highest BCUT2D eigenvalue weighted by Crippen LogP contribution is 2.35. The van der Waals surface area contributed by atoms with Crippen molar-refractivity contribution < 1.29 is 23.9 Å². The quantitative estimate of drug-likeness (QED) is 0.441. The van der Waals surface area contributed by atoms with Crippen LogP contribution in [0.15, 0.2) is 48.5 Å². The van der Waals surface area contributed by atoms with Crippen molar-refractivity contribution in [3.63, 3.8) is 0 Å². The Morgan fingerprint density at radius 3 is 2.21 bits per heavy atom. The molecule has 1 N–H and O–H groups in total. The SMILES string of the molecule is CCCCN1C(=O)C(CC(C)C)NC(=O)C12CCN(Cc1ccc(Oc3ccc(C(=O)OC)cc3)cc1)CC2. The zero-order valence-corrected chi connectivity index (χ0v) is 23.6. The van der Waals surface area contributed by atoms with Crippen molar-refractivity contribution in [2.45, 2.75) is 71.0 Å². The Balaban J connectivity index is 1.35. The average Bonchev–Trinajstić information content (AvgIpc) is 2.93. The summed E-state index contributed by atoms with van der Waals surface area (Å²) >= 11 is 0. The summed E-state index contributed by atoms with van der Waals surface area (Å²) in [4.78, 5) is 42.8. The van der Waals surface area contributed by atoms with E-state index < -0.39 is 11.6 Å². The van der Waals surface area contributed by atoms with Crippen molar-refractivity contribution in [2.75, 3.05) is 26.7 Å². The summed E-state index contributed by atoms with van der Waals surface area (Å²) in [6.45, 7) is 9.20. The average molecular weight is 536 g/mol. The molecule has 0 bridgehead atoms. The molecule has 2 aromatic carbocycles. The number of hydrogen-bond donors (Lipinski definition) is 1. The van der Waals surface area contributed by atoms with Crippen LogP contribution in [0.5, 0.6) is 11.5 Å². The Labute approximate surface area is 231 Å². The number of carbonyl (C=O) groups excluding carboxylic acids is 3. The van der Waals surface area contributed by atoms with Crippen LogP contribution < -0.4 is 10.1 Å². The Morgan fingerprint density at radius 1 is 1.03 bits per heavy atom. The van der Waals surface area contributed by atoms with Gasteiger partial charge >= 0.3 is 5.97 Å². The number of piperazine rings is 1. The number of piperidine rings is 1. The Hall–Kier alpha value is -3.39. The van der Waals surface area contributed by atoms with Gasteiger partial charge in [0.15, 0.2) is 0 Å². The van der Waals surface area contributed by atoms with Crippen molar-refractivity contribution in [1.82, 2.24) is 15.1 Å². The molecular formula is C31H41N3O5. The van der Waals surface area contributed by atoms with Gasteiger partial charge in [0.05, 0.1) is 12.7 Å². The largest absolute Gasteiger partial charge is 0.465 e. The second-order valence-electron chi connectivity index (χ2n) is 11.1. The molecule has 2 aliphatic heterocycles. The van der Waals surface area contributed by atoms with E-state index in [0.29, 0.717) is 48.8 Å². The van der Waals surface area contributed by atoms with Crippen LogP contribution in [0.25, 0.3) is 0 Å². The molecule has 2 saturated heterocycles. The van der Waals surface area contributed by atoms with Crippen LogP contribution in [0.4, 0.5) is 0 Å². The summed E-state index contributed by atoms with van der Waals surface area (Å²) in [6, 6.07) is 14.4. The molecule has 1 spiro atoms. The number of benzene rings is 2. The number of unbranched alkanes of at least 4 members (excludes halogenated alkanes) is 1. The lowest BCUT2D eigenvalue weighted by atomic mass is 9.80.